The van der Waals surface area contributed by atoms with Crippen LogP contribution in [0.15, 0.2) is 30.3 Å². The predicted octanol–water partition coefficient (Wildman–Crippen LogP) is 1.91. The minimum Gasteiger partial charge on any atom is -0.463 e. The van der Waals surface area contributed by atoms with Gasteiger partial charge in [0.15, 0.2) is 5.60 Å². The van der Waals surface area contributed by atoms with E-state index < -0.39 is 5.60 Å². The van der Waals surface area contributed by atoms with Gasteiger partial charge >= 0.3 is 5.97 Å². The molecule has 0 radical (unpaired) electrons. The van der Waals surface area contributed by atoms with Gasteiger partial charge in [0.2, 0.25) is 0 Å². The molecule has 3 heteroatoms. The van der Waals surface area contributed by atoms with E-state index in [0.29, 0.717) is 19.6 Å². The molecule has 1 atom stereocenters. The van der Waals surface area contributed by atoms with Crippen molar-refractivity contribution in [3.8, 4) is 0 Å². The molecule has 1 heterocycles. The Kier molecular flexibility index (Phi) is 2.73. The van der Waals surface area contributed by atoms with E-state index in [0.717, 1.165) is 5.56 Å². The van der Waals surface area contributed by atoms with Crippen LogP contribution in [0.1, 0.15) is 18.9 Å². The Morgan fingerprint density at radius 3 is 2.73 bits per heavy atom. The van der Waals surface area contributed by atoms with E-state index in [1.54, 1.807) is 6.92 Å². The largest absolute Gasteiger partial charge is 0.463 e. The Morgan fingerprint density at radius 2 is 2.13 bits per heavy atom. The van der Waals surface area contributed by atoms with Gasteiger partial charge in [0.25, 0.3) is 0 Å². The van der Waals surface area contributed by atoms with Gasteiger partial charge in [-0.2, -0.15) is 0 Å². The molecule has 1 saturated heterocycles. The van der Waals surface area contributed by atoms with Crippen LogP contribution in [-0.4, -0.2) is 18.2 Å². The molecule has 1 aromatic rings. The lowest BCUT2D eigenvalue weighted by Gasteiger charge is -2.19. The maximum atomic E-state index is 11.4. The van der Waals surface area contributed by atoms with Gasteiger partial charge < -0.3 is 9.47 Å². The zero-order valence-electron chi connectivity index (χ0n) is 8.73. The Balaban J connectivity index is 1.96. The zero-order chi connectivity index (χ0) is 10.7. The van der Waals surface area contributed by atoms with E-state index >= 15 is 0 Å². The van der Waals surface area contributed by atoms with Crippen molar-refractivity contribution >= 4 is 5.97 Å². The molecular formula is C12H14O3. The number of esters is 1. The molecule has 2 rings (SSSR count). The highest BCUT2D eigenvalue weighted by Crippen LogP contribution is 2.25. The third-order valence-corrected chi connectivity index (χ3v) is 2.64. The smallest absolute Gasteiger partial charge is 0.338 e. The van der Waals surface area contributed by atoms with Crippen LogP contribution >= 0.6 is 0 Å². The predicted molar refractivity (Wildman–Crippen MR) is 55.2 cm³/mol. The van der Waals surface area contributed by atoms with Crippen molar-refractivity contribution in [1.29, 1.82) is 0 Å². The van der Waals surface area contributed by atoms with Gasteiger partial charge in [-0.05, 0) is 12.5 Å². The zero-order valence-corrected chi connectivity index (χ0v) is 8.73. The summed E-state index contributed by atoms with van der Waals surface area (Å²) in [5.41, 5.74) is 0.314. The molecular weight excluding hydrogens is 192 g/mol. The van der Waals surface area contributed by atoms with Gasteiger partial charge in [-0.3, -0.25) is 0 Å². The molecule has 0 aliphatic carbocycles. The first-order valence-electron chi connectivity index (χ1n) is 5.06. The average Bonchev–Trinajstić information content (AvgIpc) is 2.59. The molecule has 1 aromatic carbocycles. The average molecular weight is 206 g/mol. The Bertz CT molecular complexity index is 347. The lowest BCUT2D eigenvalue weighted by molar-refractivity contribution is -0.158. The Labute approximate surface area is 89.0 Å². The third kappa shape index (κ3) is 2.18. The molecule has 1 aliphatic heterocycles. The van der Waals surface area contributed by atoms with Crippen molar-refractivity contribution in [1.82, 2.24) is 0 Å². The van der Waals surface area contributed by atoms with Gasteiger partial charge in [-0.15, -0.1) is 0 Å². The molecule has 0 spiro atoms. The fraction of sp³-hybridized carbons (Fsp3) is 0.417. The number of carbonyl (C=O) groups is 1. The normalized spacial score (nSPS) is 25.3. The Morgan fingerprint density at radius 1 is 1.40 bits per heavy atom. The van der Waals surface area contributed by atoms with Gasteiger partial charge in [0, 0.05) is 6.42 Å². The number of ether oxygens (including phenoxy) is 2. The molecule has 0 N–H and O–H groups in total. The SMILES string of the molecule is CC1(OCc2ccccc2)CCOC1=O. The second kappa shape index (κ2) is 4.03. The quantitative estimate of drug-likeness (QED) is 0.709. The van der Waals surface area contributed by atoms with E-state index in [9.17, 15) is 4.79 Å². The number of carbonyl (C=O) groups excluding carboxylic acids is 1. The number of benzene rings is 1. The summed E-state index contributed by atoms with van der Waals surface area (Å²) in [6.45, 7) is 2.70. The van der Waals surface area contributed by atoms with Crippen LogP contribution in [0.3, 0.4) is 0 Å². The number of rotatable bonds is 3. The van der Waals surface area contributed by atoms with Crippen molar-refractivity contribution in [3.63, 3.8) is 0 Å². The first-order chi connectivity index (χ1) is 7.21. The van der Waals surface area contributed by atoms with Crippen LogP contribution in [0.5, 0.6) is 0 Å². The van der Waals surface area contributed by atoms with Crippen LogP contribution in [0.2, 0.25) is 0 Å². The summed E-state index contributed by atoms with van der Waals surface area (Å²) in [5, 5.41) is 0. The monoisotopic (exact) mass is 206 g/mol. The number of cyclic esters (lactones) is 1. The molecule has 80 valence electrons. The van der Waals surface area contributed by atoms with Gasteiger partial charge in [-0.25, -0.2) is 4.79 Å². The maximum Gasteiger partial charge on any atom is 0.338 e. The molecule has 1 aliphatic rings. The van der Waals surface area contributed by atoms with Crippen molar-refractivity contribution in [2.45, 2.75) is 25.6 Å². The summed E-state index contributed by atoms with van der Waals surface area (Å²) in [4.78, 5) is 11.4. The van der Waals surface area contributed by atoms with Crippen LogP contribution in [0.25, 0.3) is 0 Å². The molecule has 0 saturated carbocycles. The first-order valence-corrected chi connectivity index (χ1v) is 5.06. The molecule has 1 fully saturated rings. The summed E-state index contributed by atoms with van der Waals surface area (Å²) in [5.74, 6) is -0.251. The summed E-state index contributed by atoms with van der Waals surface area (Å²) in [6.07, 6.45) is 0.638. The minimum atomic E-state index is -0.754. The highest BCUT2D eigenvalue weighted by atomic mass is 16.6. The lowest BCUT2D eigenvalue weighted by atomic mass is 10.1. The highest BCUT2D eigenvalue weighted by molar-refractivity contribution is 5.80. The van der Waals surface area contributed by atoms with Crippen LogP contribution in [0, 0.1) is 0 Å². The topological polar surface area (TPSA) is 35.5 Å². The standard InChI is InChI=1S/C12H14O3/c1-12(7-8-14-11(12)13)15-9-10-5-3-2-4-6-10/h2-6H,7-9H2,1H3. The fourth-order valence-corrected chi connectivity index (χ4v) is 1.54. The third-order valence-electron chi connectivity index (χ3n) is 2.64. The van der Waals surface area contributed by atoms with Gasteiger partial charge in [0.1, 0.15) is 0 Å². The second-order valence-electron chi connectivity index (χ2n) is 3.89. The van der Waals surface area contributed by atoms with Crippen molar-refractivity contribution < 1.29 is 14.3 Å². The molecule has 3 nitrogen and oxygen atoms in total. The van der Waals surface area contributed by atoms with Crippen LogP contribution in [0.4, 0.5) is 0 Å². The summed E-state index contributed by atoms with van der Waals surface area (Å²) >= 11 is 0. The van der Waals surface area contributed by atoms with E-state index in [-0.39, 0.29) is 5.97 Å². The lowest BCUT2D eigenvalue weighted by Crippen LogP contribution is -2.33. The van der Waals surface area contributed by atoms with E-state index in [4.69, 9.17) is 9.47 Å². The summed E-state index contributed by atoms with van der Waals surface area (Å²) < 4.78 is 10.5. The number of hydrogen-bond acceptors (Lipinski definition) is 3. The molecule has 0 aromatic heterocycles. The molecule has 1 unspecified atom stereocenters. The summed E-state index contributed by atoms with van der Waals surface area (Å²) in [7, 11) is 0. The van der Waals surface area contributed by atoms with E-state index in [2.05, 4.69) is 0 Å². The summed E-state index contributed by atoms with van der Waals surface area (Å²) in [6, 6.07) is 9.81. The maximum absolute atomic E-state index is 11.4. The van der Waals surface area contributed by atoms with Gasteiger partial charge in [0.05, 0.1) is 13.2 Å². The number of hydrogen-bond donors (Lipinski definition) is 0. The molecule has 0 bridgehead atoms. The first kappa shape index (κ1) is 10.2. The highest BCUT2D eigenvalue weighted by Gasteiger charge is 2.41. The van der Waals surface area contributed by atoms with Crippen molar-refractivity contribution in [2.75, 3.05) is 6.61 Å². The van der Waals surface area contributed by atoms with Crippen molar-refractivity contribution in [3.05, 3.63) is 35.9 Å². The minimum absolute atomic E-state index is 0.251. The molecule has 0 amide bonds. The van der Waals surface area contributed by atoms with Crippen LogP contribution in [-0.2, 0) is 20.9 Å². The fourth-order valence-electron chi connectivity index (χ4n) is 1.54. The van der Waals surface area contributed by atoms with Crippen molar-refractivity contribution in [2.24, 2.45) is 0 Å². The Hall–Kier alpha value is -1.35. The van der Waals surface area contributed by atoms with Gasteiger partial charge in [-0.1, -0.05) is 30.3 Å². The van der Waals surface area contributed by atoms with Crippen LogP contribution < -0.4 is 0 Å². The second-order valence-corrected chi connectivity index (χ2v) is 3.89. The van der Waals surface area contributed by atoms with E-state index in [1.165, 1.54) is 0 Å². The van der Waals surface area contributed by atoms with E-state index in [1.807, 2.05) is 30.3 Å². The molecule has 15 heavy (non-hydrogen) atoms.